The van der Waals surface area contributed by atoms with Crippen LogP contribution >= 0.6 is 0 Å². The highest BCUT2D eigenvalue weighted by molar-refractivity contribution is 5.63. The molecule has 0 aromatic heterocycles. The Hall–Kier alpha value is -2.00. The molecule has 0 saturated carbocycles. The lowest BCUT2D eigenvalue weighted by molar-refractivity contribution is -0.912. The van der Waals surface area contributed by atoms with Gasteiger partial charge in [0.1, 0.15) is 5.75 Å². The van der Waals surface area contributed by atoms with E-state index in [1.54, 1.807) is 7.11 Å². The zero-order valence-electron chi connectivity index (χ0n) is 14.9. The predicted molar refractivity (Wildman–Crippen MR) is 101 cm³/mol. The van der Waals surface area contributed by atoms with Crippen molar-refractivity contribution in [2.45, 2.75) is 19.3 Å². The molecule has 1 aliphatic heterocycles. The van der Waals surface area contributed by atoms with E-state index in [-0.39, 0.29) is 0 Å². The van der Waals surface area contributed by atoms with Crippen LogP contribution in [0, 0.1) is 0 Å². The van der Waals surface area contributed by atoms with Gasteiger partial charge in [-0.2, -0.15) is 0 Å². The number of rotatable bonds is 6. The molecule has 0 aliphatic carbocycles. The van der Waals surface area contributed by atoms with Crippen LogP contribution < -0.4 is 9.64 Å². The number of hydrogen-bond acceptors (Lipinski definition) is 2. The first-order valence-corrected chi connectivity index (χ1v) is 9.00. The van der Waals surface area contributed by atoms with Gasteiger partial charge >= 0.3 is 0 Å². The molecule has 1 saturated heterocycles. The Morgan fingerprint density at radius 1 is 0.875 bits per heavy atom. The van der Waals surface area contributed by atoms with E-state index in [1.807, 2.05) is 12.1 Å². The molecule has 0 amide bonds. The Balaban J connectivity index is 1.79. The minimum atomic E-state index is 0.904. The van der Waals surface area contributed by atoms with Gasteiger partial charge in [0.25, 0.3) is 0 Å². The van der Waals surface area contributed by atoms with Gasteiger partial charge in [0.2, 0.25) is 0 Å². The first-order chi connectivity index (χ1) is 11.7. The fourth-order valence-electron chi connectivity index (χ4n) is 3.62. The monoisotopic (exact) mass is 325 g/mol. The Morgan fingerprint density at radius 2 is 1.50 bits per heavy atom. The number of piperidine rings is 1. The van der Waals surface area contributed by atoms with Crippen molar-refractivity contribution in [3.8, 4) is 5.75 Å². The summed E-state index contributed by atoms with van der Waals surface area (Å²) in [6.45, 7) is 4.84. The molecule has 2 aromatic rings. The molecule has 0 atom stereocenters. The van der Waals surface area contributed by atoms with Crippen LogP contribution in [0.5, 0.6) is 5.75 Å². The first kappa shape index (κ1) is 16.8. The number of ether oxygens (including phenoxy) is 1. The lowest BCUT2D eigenvalue weighted by atomic mass is 10.1. The van der Waals surface area contributed by atoms with Gasteiger partial charge in [-0.3, -0.25) is 0 Å². The summed E-state index contributed by atoms with van der Waals surface area (Å²) in [4.78, 5) is 2.43. The van der Waals surface area contributed by atoms with Crippen LogP contribution in [0.3, 0.4) is 0 Å². The standard InChI is InChI=1S/C21H29N2O/c1-23(16-7-4-8-17-23)18-15-22(19-9-5-3-6-10-19)20-11-13-21(24-2)14-12-20/h3,5-6,9-14H,4,7-8,15-18H2,1-2H3/q+1. The molecule has 1 heterocycles. The SMILES string of the molecule is COc1ccc(N(CC[N+]2(C)CCCCC2)c2ccccc2)cc1. The van der Waals surface area contributed by atoms with Crippen molar-refractivity contribution in [1.82, 2.24) is 0 Å². The molecular weight excluding hydrogens is 296 g/mol. The van der Waals surface area contributed by atoms with Crippen molar-refractivity contribution >= 4 is 11.4 Å². The van der Waals surface area contributed by atoms with Gasteiger partial charge < -0.3 is 14.1 Å². The molecular formula is C21H29N2O+. The van der Waals surface area contributed by atoms with Crippen LogP contribution in [0.4, 0.5) is 11.4 Å². The van der Waals surface area contributed by atoms with E-state index in [2.05, 4.69) is 54.4 Å². The van der Waals surface area contributed by atoms with Crippen LogP contribution in [-0.4, -0.2) is 44.8 Å². The molecule has 3 rings (SSSR count). The summed E-state index contributed by atoms with van der Waals surface area (Å²) in [5.74, 6) is 0.904. The maximum atomic E-state index is 5.30. The number of hydrogen-bond donors (Lipinski definition) is 0. The Morgan fingerprint density at radius 3 is 2.12 bits per heavy atom. The minimum Gasteiger partial charge on any atom is -0.497 e. The number of anilines is 2. The smallest absolute Gasteiger partial charge is 0.119 e. The van der Waals surface area contributed by atoms with Crippen LogP contribution in [0.2, 0.25) is 0 Å². The number of quaternary nitrogens is 1. The van der Waals surface area contributed by atoms with Gasteiger partial charge in [-0.15, -0.1) is 0 Å². The van der Waals surface area contributed by atoms with E-state index in [4.69, 9.17) is 4.74 Å². The molecule has 0 N–H and O–H groups in total. The van der Waals surface area contributed by atoms with Crippen molar-refractivity contribution in [3.63, 3.8) is 0 Å². The fourth-order valence-corrected chi connectivity index (χ4v) is 3.62. The van der Waals surface area contributed by atoms with E-state index in [9.17, 15) is 0 Å². The number of nitrogens with zero attached hydrogens (tertiary/aromatic N) is 2. The summed E-state index contributed by atoms with van der Waals surface area (Å²) >= 11 is 0. The topological polar surface area (TPSA) is 12.5 Å². The third-order valence-corrected chi connectivity index (χ3v) is 5.21. The van der Waals surface area contributed by atoms with Crippen molar-refractivity contribution in [1.29, 1.82) is 0 Å². The van der Waals surface area contributed by atoms with Crippen molar-refractivity contribution in [3.05, 3.63) is 54.6 Å². The lowest BCUT2D eigenvalue weighted by Gasteiger charge is -2.39. The largest absolute Gasteiger partial charge is 0.497 e. The highest BCUT2D eigenvalue weighted by Gasteiger charge is 2.25. The van der Waals surface area contributed by atoms with Crippen LogP contribution in [0.15, 0.2) is 54.6 Å². The van der Waals surface area contributed by atoms with Gasteiger partial charge in [-0.1, -0.05) is 18.2 Å². The van der Waals surface area contributed by atoms with Gasteiger partial charge in [-0.05, 0) is 55.7 Å². The number of likely N-dealkylation sites (tertiary alicyclic amines) is 1. The maximum absolute atomic E-state index is 5.30. The molecule has 2 aromatic carbocycles. The minimum absolute atomic E-state index is 0.904. The Labute approximate surface area is 146 Å². The number of para-hydroxylation sites is 1. The third kappa shape index (κ3) is 4.09. The summed E-state index contributed by atoms with van der Waals surface area (Å²) in [7, 11) is 4.13. The summed E-state index contributed by atoms with van der Waals surface area (Å²) in [5.41, 5.74) is 2.48. The zero-order chi connectivity index (χ0) is 16.8. The molecule has 24 heavy (non-hydrogen) atoms. The van der Waals surface area contributed by atoms with Crippen LogP contribution in [0.25, 0.3) is 0 Å². The second-order valence-corrected chi connectivity index (χ2v) is 7.04. The normalized spacial score (nSPS) is 16.6. The van der Waals surface area contributed by atoms with Gasteiger partial charge in [0.05, 0.1) is 40.3 Å². The predicted octanol–water partition coefficient (Wildman–Crippen LogP) is 4.46. The number of methoxy groups -OCH3 is 1. The Kier molecular flexibility index (Phi) is 5.41. The third-order valence-electron chi connectivity index (χ3n) is 5.21. The van der Waals surface area contributed by atoms with Crippen LogP contribution in [-0.2, 0) is 0 Å². The molecule has 0 bridgehead atoms. The average Bonchev–Trinajstić information content (AvgIpc) is 2.64. The highest BCUT2D eigenvalue weighted by Crippen LogP contribution is 2.27. The van der Waals surface area contributed by atoms with E-state index >= 15 is 0 Å². The van der Waals surface area contributed by atoms with E-state index in [1.165, 1.54) is 54.8 Å². The fraction of sp³-hybridized carbons (Fsp3) is 0.429. The zero-order valence-corrected chi connectivity index (χ0v) is 14.9. The molecule has 128 valence electrons. The van der Waals surface area contributed by atoms with Gasteiger partial charge in [-0.25, -0.2) is 0 Å². The lowest BCUT2D eigenvalue weighted by Crippen LogP contribution is -2.51. The number of benzene rings is 2. The quantitative estimate of drug-likeness (QED) is 0.727. The maximum Gasteiger partial charge on any atom is 0.119 e. The summed E-state index contributed by atoms with van der Waals surface area (Å²) in [5, 5.41) is 0. The summed E-state index contributed by atoms with van der Waals surface area (Å²) in [6, 6.07) is 19.1. The molecule has 0 radical (unpaired) electrons. The highest BCUT2D eigenvalue weighted by atomic mass is 16.5. The second-order valence-electron chi connectivity index (χ2n) is 7.04. The van der Waals surface area contributed by atoms with Crippen LogP contribution in [0.1, 0.15) is 19.3 Å². The molecule has 1 fully saturated rings. The van der Waals surface area contributed by atoms with E-state index < -0.39 is 0 Å². The molecule has 1 aliphatic rings. The molecule has 3 heteroatoms. The van der Waals surface area contributed by atoms with E-state index in [0.717, 1.165) is 12.3 Å². The summed E-state index contributed by atoms with van der Waals surface area (Å²) in [6.07, 6.45) is 4.13. The summed E-state index contributed by atoms with van der Waals surface area (Å²) < 4.78 is 6.50. The second kappa shape index (κ2) is 7.71. The first-order valence-electron chi connectivity index (χ1n) is 9.00. The average molecular weight is 325 g/mol. The molecule has 0 unspecified atom stereocenters. The van der Waals surface area contributed by atoms with Crippen molar-refractivity contribution < 1.29 is 9.22 Å². The number of likely N-dealkylation sites (N-methyl/N-ethyl adjacent to an activating group) is 1. The van der Waals surface area contributed by atoms with Crippen molar-refractivity contribution in [2.24, 2.45) is 0 Å². The molecule has 0 spiro atoms. The van der Waals surface area contributed by atoms with E-state index in [0.29, 0.717) is 0 Å². The molecule has 3 nitrogen and oxygen atoms in total. The Bertz CT molecular complexity index is 618. The van der Waals surface area contributed by atoms with Crippen molar-refractivity contribution in [2.75, 3.05) is 45.2 Å². The van der Waals surface area contributed by atoms with Gasteiger partial charge in [0, 0.05) is 11.4 Å². The van der Waals surface area contributed by atoms with Gasteiger partial charge in [0.15, 0.2) is 0 Å².